The molecular weight excluding hydrogens is 314 g/mol. The third-order valence-electron chi connectivity index (χ3n) is 4.44. The van der Waals surface area contributed by atoms with Crippen LogP contribution in [0.25, 0.3) is 6.08 Å². The molecule has 0 aromatic heterocycles. The van der Waals surface area contributed by atoms with E-state index in [4.69, 9.17) is 9.47 Å². The van der Waals surface area contributed by atoms with E-state index < -0.39 is 0 Å². The number of unbranched alkanes of at least 4 members (excludes halogenated alkanes) is 1. The van der Waals surface area contributed by atoms with Crippen molar-refractivity contribution in [1.29, 1.82) is 0 Å². The second-order valence-corrected chi connectivity index (χ2v) is 6.33. The van der Waals surface area contributed by atoms with E-state index in [0.717, 1.165) is 35.9 Å². The number of ether oxygens (including phenoxy) is 2. The number of benzene rings is 1. The predicted molar refractivity (Wildman–Crippen MR) is 102 cm³/mol. The van der Waals surface area contributed by atoms with Gasteiger partial charge in [0.2, 0.25) is 12.7 Å². The lowest BCUT2D eigenvalue weighted by atomic mass is 9.96. The van der Waals surface area contributed by atoms with Crippen molar-refractivity contribution < 1.29 is 14.3 Å². The highest BCUT2D eigenvalue weighted by atomic mass is 16.7. The minimum absolute atomic E-state index is 0.0410. The van der Waals surface area contributed by atoms with Crippen molar-refractivity contribution in [2.24, 2.45) is 5.92 Å². The highest BCUT2D eigenvalue weighted by Gasteiger charge is 2.12. The Bertz CT molecular complexity index is 607. The van der Waals surface area contributed by atoms with E-state index in [9.17, 15) is 4.79 Å². The van der Waals surface area contributed by atoms with Crippen LogP contribution in [0.3, 0.4) is 0 Å². The second kappa shape index (κ2) is 10.6. The van der Waals surface area contributed by atoms with Crippen LogP contribution in [0.5, 0.6) is 11.5 Å². The molecule has 0 saturated heterocycles. The summed E-state index contributed by atoms with van der Waals surface area (Å²) in [6.07, 6.45) is 13.1. The third-order valence-corrected chi connectivity index (χ3v) is 4.44. The van der Waals surface area contributed by atoms with Gasteiger partial charge in [0.25, 0.3) is 0 Å². The molecule has 0 bridgehead atoms. The maximum Gasteiger partial charge on any atom is 0.243 e. The van der Waals surface area contributed by atoms with Gasteiger partial charge in [-0.15, -0.1) is 0 Å². The number of allylic oxidation sites excluding steroid dienone is 2. The molecule has 25 heavy (non-hydrogen) atoms. The van der Waals surface area contributed by atoms with Crippen molar-refractivity contribution in [3.63, 3.8) is 0 Å². The molecule has 0 spiro atoms. The molecule has 1 aromatic rings. The number of hydrogen-bond donors (Lipinski definition) is 1. The number of nitrogens with one attached hydrogen (secondary N) is 1. The van der Waals surface area contributed by atoms with Crippen LogP contribution in [0.1, 0.15) is 51.5 Å². The van der Waals surface area contributed by atoms with E-state index in [1.165, 1.54) is 25.7 Å². The second-order valence-electron chi connectivity index (χ2n) is 6.33. The predicted octanol–water partition coefficient (Wildman–Crippen LogP) is 4.71. The summed E-state index contributed by atoms with van der Waals surface area (Å²) >= 11 is 0. The van der Waals surface area contributed by atoms with Gasteiger partial charge in [-0.3, -0.25) is 4.79 Å². The Balaban J connectivity index is 1.69. The fourth-order valence-electron chi connectivity index (χ4n) is 2.83. The van der Waals surface area contributed by atoms with Gasteiger partial charge in [0, 0.05) is 12.6 Å². The van der Waals surface area contributed by atoms with Gasteiger partial charge in [-0.1, -0.05) is 63.8 Å². The van der Waals surface area contributed by atoms with Crippen LogP contribution in [0.15, 0.2) is 36.4 Å². The third kappa shape index (κ3) is 6.65. The molecule has 136 valence electrons. The number of amides is 1. The Hall–Kier alpha value is -2.23. The molecule has 1 aliphatic rings. The summed E-state index contributed by atoms with van der Waals surface area (Å²) in [5, 5.41) is 2.96. The lowest BCUT2D eigenvalue weighted by molar-refractivity contribution is -0.116. The Kier molecular flexibility index (Phi) is 8.10. The molecule has 0 saturated carbocycles. The molecule has 1 heterocycles. The highest BCUT2D eigenvalue weighted by molar-refractivity contribution is 5.87. The fourth-order valence-corrected chi connectivity index (χ4v) is 2.83. The number of hydrogen-bond acceptors (Lipinski definition) is 3. The average Bonchev–Trinajstić information content (AvgIpc) is 3.09. The zero-order valence-electron chi connectivity index (χ0n) is 15.3. The van der Waals surface area contributed by atoms with Crippen LogP contribution in [-0.2, 0) is 4.79 Å². The van der Waals surface area contributed by atoms with Crippen LogP contribution in [0.2, 0.25) is 0 Å². The lowest BCUT2D eigenvalue weighted by Gasteiger charge is -2.14. The van der Waals surface area contributed by atoms with Crippen molar-refractivity contribution in [2.75, 3.05) is 13.3 Å². The molecule has 0 aliphatic carbocycles. The van der Waals surface area contributed by atoms with Crippen LogP contribution >= 0.6 is 0 Å². The van der Waals surface area contributed by atoms with Gasteiger partial charge in [0.05, 0.1) is 0 Å². The molecule has 4 heteroatoms. The molecule has 0 radical (unpaired) electrons. The molecule has 1 N–H and O–H groups in total. The normalized spacial score (nSPS) is 14.3. The Morgan fingerprint density at radius 2 is 2.04 bits per heavy atom. The smallest absolute Gasteiger partial charge is 0.243 e. The molecule has 2 rings (SSSR count). The van der Waals surface area contributed by atoms with E-state index in [0.29, 0.717) is 0 Å². The van der Waals surface area contributed by atoms with Gasteiger partial charge in [0.15, 0.2) is 11.5 Å². The monoisotopic (exact) mass is 343 g/mol. The SMILES string of the molecule is CCCCC(CC)CCNC(=O)/C=C/C=C/c1ccc2c(c1)OCO2. The number of carbonyl (C=O) groups excluding carboxylic acids is 1. The Labute approximate surface area is 150 Å². The summed E-state index contributed by atoms with van der Waals surface area (Å²) in [6, 6.07) is 5.77. The van der Waals surface area contributed by atoms with Gasteiger partial charge >= 0.3 is 0 Å². The molecule has 1 amide bonds. The van der Waals surface area contributed by atoms with E-state index >= 15 is 0 Å². The Morgan fingerprint density at radius 1 is 1.20 bits per heavy atom. The molecule has 4 nitrogen and oxygen atoms in total. The summed E-state index contributed by atoms with van der Waals surface area (Å²) in [4.78, 5) is 11.8. The molecule has 1 aromatic carbocycles. The molecular formula is C21H29NO3. The first kappa shape index (κ1) is 19.1. The van der Waals surface area contributed by atoms with Crippen molar-refractivity contribution >= 4 is 12.0 Å². The van der Waals surface area contributed by atoms with Crippen molar-refractivity contribution in [1.82, 2.24) is 5.32 Å². The summed E-state index contributed by atoms with van der Waals surface area (Å²) < 4.78 is 10.6. The van der Waals surface area contributed by atoms with Gasteiger partial charge in [-0.05, 0) is 30.0 Å². The highest BCUT2D eigenvalue weighted by Crippen LogP contribution is 2.32. The minimum atomic E-state index is -0.0410. The van der Waals surface area contributed by atoms with Crippen molar-refractivity contribution in [3.8, 4) is 11.5 Å². The van der Waals surface area contributed by atoms with Crippen LogP contribution < -0.4 is 14.8 Å². The summed E-state index contributed by atoms with van der Waals surface area (Å²) in [6.45, 7) is 5.47. The van der Waals surface area contributed by atoms with Crippen LogP contribution in [0, 0.1) is 5.92 Å². The Morgan fingerprint density at radius 3 is 2.84 bits per heavy atom. The summed E-state index contributed by atoms with van der Waals surface area (Å²) in [5.74, 6) is 2.21. The summed E-state index contributed by atoms with van der Waals surface area (Å²) in [5.41, 5.74) is 1.01. The van der Waals surface area contributed by atoms with Crippen LogP contribution in [-0.4, -0.2) is 19.2 Å². The number of carbonyl (C=O) groups is 1. The standard InChI is InChI=1S/C21H29NO3/c1-3-5-8-17(4-2)13-14-22-21(23)10-7-6-9-18-11-12-19-20(15-18)25-16-24-19/h6-7,9-12,15,17H,3-5,8,13-14,16H2,1-2H3,(H,22,23)/b9-6+,10-7+. The van der Waals surface area contributed by atoms with E-state index in [2.05, 4.69) is 19.2 Å². The van der Waals surface area contributed by atoms with E-state index in [-0.39, 0.29) is 12.7 Å². The van der Waals surface area contributed by atoms with Crippen molar-refractivity contribution in [2.45, 2.75) is 46.0 Å². The average molecular weight is 343 g/mol. The van der Waals surface area contributed by atoms with Gasteiger partial charge < -0.3 is 14.8 Å². The zero-order valence-corrected chi connectivity index (χ0v) is 15.3. The first-order valence-corrected chi connectivity index (χ1v) is 9.25. The summed E-state index contributed by atoms with van der Waals surface area (Å²) in [7, 11) is 0. The minimum Gasteiger partial charge on any atom is -0.454 e. The van der Waals surface area contributed by atoms with Gasteiger partial charge in [0.1, 0.15) is 0 Å². The molecule has 1 unspecified atom stereocenters. The van der Waals surface area contributed by atoms with Crippen LogP contribution in [0.4, 0.5) is 0 Å². The van der Waals surface area contributed by atoms with Gasteiger partial charge in [-0.25, -0.2) is 0 Å². The van der Waals surface area contributed by atoms with Gasteiger partial charge in [-0.2, -0.15) is 0 Å². The largest absolute Gasteiger partial charge is 0.454 e. The van der Waals surface area contributed by atoms with E-state index in [1.54, 1.807) is 12.2 Å². The molecule has 0 fully saturated rings. The number of rotatable bonds is 10. The fraction of sp³-hybridized carbons (Fsp3) is 0.476. The lowest BCUT2D eigenvalue weighted by Crippen LogP contribution is -2.23. The zero-order chi connectivity index (χ0) is 17.9. The maximum absolute atomic E-state index is 11.8. The number of fused-ring (bicyclic) bond motifs is 1. The first-order valence-electron chi connectivity index (χ1n) is 9.25. The van der Waals surface area contributed by atoms with Crippen molar-refractivity contribution in [3.05, 3.63) is 42.0 Å². The van der Waals surface area contributed by atoms with E-state index in [1.807, 2.05) is 30.4 Å². The molecule has 1 atom stereocenters. The molecule has 1 aliphatic heterocycles. The maximum atomic E-state index is 11.8. The quantitative estimate of drug-likeness (QED) is 0.494. The topological polar surface area (TPSA) is 47.6 Å². The first-order chi connectivity index (χ1) is 12.2.